The van der Waals surface area contributed by atoms with Gasteiger partial charge in [-0.2, -0.15) is 0 Å². The number of aromatic nitrogens is 2. The van der Waals surface area contributed by atoms with Crippen LogP contribution in [0.5, 0.6) is 0 Å². The Morgan fingerprint density at radius 3 is 2.38 bits per heavy atom. The van der Waals surface area contributed by atoms with Crippen LogP contribution in [0.3, 0.4) is 0 Å². The maximum Gasteiger partial charge on any atom is 0.407 e. The molecule has 0 atom stereocenters. The molecule has 0 unspecified atom stereocenters. The van der Waals surface area contributed by atoms with E-state index in [1.54, 1.807) is 44.5 Å². The molecule has 172 valence electrons. The van der Waals surface area contributed by atoms with Crippen LogP contribution in [0, 0.1) is 0 Å². The Labute approximate surface area is 199 Å². The molecule has 0 spiro atoms. The smallest absolute Gasteiger partial charge is 0.407 e. The number of hydrogen-bond acceptors (Lipinski definition) is 5. The van der Waals surface area contributed by atoms with Crippen molar-refractivity contribution in [1.29, 1.82) is 0 Å². The van der Waals surface area contributed by atoms with Crippen LogP contribution in [0.25, 0.3) is 0 Å². The number of carbonyl (C=O) groups is 3. The van der Waals surface area contributed by atoms with Gasteiger partial charge in [-0.1, -0.05) is 11.6 Å². The number of hydrogen-bond donors (Lipinski definition) is 3. The molecule has 1 aromatic carbocycles. The predicted molar refractivity (Wildman–Crippen MR) is 124 cm³/mol. The van der Waals surface area contributed by atoms with Gasteiger partial charge in [-0.15, -0.1) is 0 Å². The first kappa shape index (κ1) is 24.1. The van der Waals surface area contributed by atoms with Crippen LogP contribution in [0.2, 0.25) is 5.02 Å². The van der Waals surface area contributed by atoms with Crippen molar-refractivity contribution in [1.82, 2.24) is 20.2 Å². The topological polar surface area (TPSA) is 114 Å². The van der Waals surface area contributed by atoms with Crippen LogP contribution in [-0.2, 0) is 11.8 Å². The van der Waals surface area contributed by atoms with Gasteiger partial charge in [-0.25, -0.2) is 9.78 Å². The van der Waals surface area contributed by atoms with Crippen molar-refractivity contribution in [3.63, 3.8) is 0 Å². The molecule has 32 heavy (non-hydrogen) atoms. The van der Waals surface area contributed by atoms with Gasteiger partial charge in [0.1, 0.15) is 10.2 Å². The number of benzene rings is 1. The average Bonchev–Trinajstić information content (AvgIpc) is 2.97. The Morgan fingerprint density at radius 2 is 1.81 bits per heavy atom. The molecular formula is C21H25BrClN5O4. The maximum atomic E-state index is 12.6. The molecule has 3 amide bonds. The fraction of sp³-hybridized carbons (Fsp3) is 0.429. The molecular weight excluding hydrogens is 502 g/mol. The summed E-state index contributed by atoms with van der Waals surface area (Å²) < 4.78 is 7.50. The van der Waals surface area contributed by atoms with E-state index in [0.717, 1.165) is 0 Å². The Balaban J connectivity index is 1.51. The van der Waals surface area contributed by atoms with Gasteiger partial charge in [0.15, 0.2) is 5.82 Å². The van der Waals surface area contributed by atoms with Crippen molar-refractivity contribution in [2.45, 2.75) is 51.3 Å². The summed E-state index contributed by atoms with van der Waals surface area (Å²) in [5.41, 5.74) is 0.187. The van der Waals surface area contributed by atoms with Gasteiger partial charge in [0.25, 0.3) is 11.8 Å². The summed E-state index contributed by atoms with van der Waals surface area (Å²) in [5.74, 6) is -0.486. The minimum Gasteiger partial charge on any atom is -0.444 e. The fourth-order valence-corrected chi connectivity index (χ4v) is 3.69. The number of nitrogens with one attached hydrogen (secondary N) is 3. The third-order valence-corrected chi connectivity index (χ3v) is 5.85. The van der Waals surface area contributed by atoms with Gasteiger partial charge in [-0.3, -0.25) is 9.59 Å². The van der Waals surface area contributed by atoms with E-state index in [2.05, 4.69) is 36.9 Å². The molecule has 1 aliphatic rings. The molecule has 11 heteroatoms. The van der Waals surface area contributed by atoms with Crippen LogP contribution in [0.1, 0.15) is 54.6 Å². The van der Waals surface area contributed by atoms with Gasteiger partial charge in [-0.05, 0) is 67.7 Å². The lowest BCUT2D eigenvalue weighted by Crippen LogP contribution is -2.54. The van der Waals surface area contributed by atoms with Gasteiger partial charge in [0, 0.05) is 24.8 Å². The zero-order valence-electron chi connectivity index (χ0n) is 18.2. The average molecular weight is 527 g/mol. The van der Waals surface area contributed by atoms with Crippen molar-refractivity contribution in [2.24, 2.45) is 7.05 Å². The summed E-state index contributed by atoms with van der Waals surface area (Å²) >= 11 is 9.57. The number of imidazole rings is 1. The molecule has 3 rings (SSSR count). The molecule has 9 nitrogen and oxygen atoms in total. The highest BCUT2D eigenvalue weighted by Crippen LogP contribution is 2.25. The maximum absolute atomic E-state index is 12.6. The number of rotatable bonds is 5. The lowest BCUT2D eigenvalue weighted by atomic mass is 9.86. The molecule has 1 heterocycles. The molecule has 1 aliphatic carbocycles. The number of anilines is 1. The van der Waals surface area contributed by atoms with Gasteiger partial charge < -0.3 is 25.3 Å². The second kappa shape index (κ2) is 9.50. The van der Waals surface area contributed by atoms with Crippen LogP contribution < -0.4 is 16.0 Å². The van der Waals surface area contributed by atoms with Crippen LogP contribution in [0.15, 0.2) is 29.0 Å². The Morgan fingerprint density at radius 1 is 1.16 bits per heavy atom. The van der Waals surface area contributed by atoms with E-state index in [9.17, 15) is 14.4 Å². The molecule has 3 N–H and O–H groups in total. The minimum absolute atomic E-state index is 0.0469. The van der Waals surface area contributed by atoms with Crippen LogP contribution in [-0.4, -0.2) is 45.1 Å². The SMILES string of the molecule is Cn1c(Br)cnc1C(=O)Nc1ccc(C(=O)NC2CC(NC(=O)OC(C)(C)C)C2)c(Cl)c1. The lowest BCUT2D eigenvalue weighted by Gasteiger charge is -2.36. The van der Waals surface area contributed by atoms with Crippen LogP contribution in [0.4, 0.5) is 10.5 Å². The number of amides is 3. The highest BCUT2D eigenvalue weighted by Gasteiger charge is 2.33. The van der Waals surface area contributed by atoms with E-state index < -0.39 is 17.6 Å². The third-order valence-electron chi connectivity index (χ3n) is 4.80. The molecule has 0 aliphatic heterocycles. The second-order valence-corrected chi connectivity index (χ2v) is 9.82. The molecule has 1 saturated carbocycles. The summed E-state index contributed by atoms with van der Waals surface area (Å²) in [5, 5.41) is 8.61. The van der Waals surface area contributed by atoms with Crippen molar-refractivity contribution in [2.75, 3.05) is 5.32 Å². The number of ether oxygens (including phenoxy) is 1. The predicted octanol–water partition coefficient (Wildman–Crippen LogP) is 3.87. The fourth-order valence-electron chi connectivity index (χ4n) is 3.15. The molecule has 2 aromatic rings. The molecule has 0 saturated heterocycles. The Bertz CT molecular complexity index is 1040. The molecule has 1 fully saturated rings. The number of nitrogens with zero attached hydrogens (tertiary/aromatic N) is 2. The standard InChI is InChI=1S/C21H25BrClN5O4/c1-21(2,3)32-20(31)27-13-7-12(8-13)26-18(29)14-6-5-11(9-15(14)23)25-19(30)17-24-10-16(22)28(17)4/h5-6,9-10,12-13H,7-8H2,1-4H3,(H,25,30)(H,26,29)(H,27,31). The van der Waals surface area contributed by atoms with E-state index in [0.29, 0.717) is 28.7 Å². The summed E-state index contributed by atoms with van der Waals surface area (Å²) in [6.07, 6.45) is 2.28. The van der Waals surface area contributed by atoms with Crippen molar-refractivity contribution < 1.29 is 19.1 Å². The molecule has 1 aromatic heterocycles. The quantitative estimate of drug-likeness (QED) is 0.547. The van der Waals surface area contributed by atoms with Crippen LogP contribution >= 0.6 is 27.5 Å². The van der Waals surface area contributed by atoms with E-state index in [-0.39, 0.29) is 28.8 Å². The van der Waals surface area contributed by atoms with E-state index in [1.165, 1.54) is 12.3 Å². The largest absolute Gasteiger partial charge is 0.444 e. The van der Waals surface area contributed by atoms with E-state index in [1.807, 2.05) is 0 Å². The van der Waals surface area contributed by atoms with Crippen molar-refractivity contribution >= 4 is 51.1 Å². The Kier molecular flexibility index (Phi) is 7.14. The number of halogens is 2. The van der Waals surface area contributed by atoms with E-state index >= 15 is 0 Å². The number of carbonyl (C=O) groups excluding carboxylic acids is 3. The summed E-state index contributed by atoms with van der Waals surface area (Å²) in [7, 11) is 1.71. The van der Waals surface area contributed by atoms with Gasteiger partial charge >= 0.3 is 6.09 Å². The highest BCUT2D eigenvalue weighted by molar-refractivity contribution is 9.10. The van der Waals surface area contributed by atoms with Gasteiger partial charge in [0.2, 0.25) is 0 Å². The minimum atomic E-state index is -0.557. The monoisotopic (exact) mass is 525 g/mol. The van der Waals surface area contributed by atoms with Crippen molar-refractivity contribution in [3.05, 3.63) is 45.4 Å². The summed E-state index contributed by atoms with van der Waals surface area (Å²) in [6.45, 7) is 5.40. The number of alkyl carbamates (subject to hydrolysis) is 1. The second-order valence-electron chi connectivity index (χ2n) is 8.60. The van der Waals surface area contributed by atoms with Crippen molar-refractivity contribution in [3.8, 4) is 0 Å². The normalized spacial score (nSPS) is 17.8. The van der Waals surface area contributed by atoms with E-state index in [4.69, 9.17) is 16.3 Å². The lowest BCUT2D eigenvalue weighted by molar-refractivity contribution is 0.0465. The summed E-state index contributed by atoms with van der Waals surface area (Å²) in [6, 6.07) is 4.55. The third kappa shape index (κ3) is 6.01. The highest BCUT2D eigenvalue weighted by atomic mass is 79.9. The molecule has 0 radical (unpaired) electrons. The van der Waals surface area contributed by atoms with Gasteiger partial charge in [0.05, 0.1) is 16.8 Å². The first-order chi connectivity index (χ1) is 14.9. The molecule has 0 bridgehead atoms. The zero-order valence-corrected chi connectivity index (χ0v) is 20.5. The first-order valence-electron chi connectivity index (χ1n) is 10.0. The zero-order chi connectivity index (χ0) is 23.6. The first-order valence-corrected chi connectivity index (χ1v) is 11.2. The summed E-state index contributed by atoms with van der Waals surface area (Å²) in [4.78, 5) is 40.8. The Hall–Kier alpha value is -2.59.